The van der Waals surface area contributed by atoms with Crippen LogP contribution in [0.5, 0.6) is 0 Å². The van der Waals surface area contributed by atoms with Gasteiger partial charge in [-0.05, 0) is 58.0 Å². The Bertz CT molecular complexity index is 633. The molecule has 1 aliphatic rings. The Hall–Kier alpha value is -1.18. The van der Waals surface area contributed by atoms with Crippen LogP contribution < -0.4 is 10.5 Å². The molecule has 2 atom stereocenters. The number of nitrogens with one attached hydrogen (secondary N) is 1. The SMILES string of the molecule is Cc1cc(N)cc(S(=O)(=O)NC2CCN(C)C(C)C2)c1F. The highest BCUT2D eigenvalue weighted by Gasteiger charge is 2.29. The Kier molecular flexibility index (Phi) is 4.55. The van der Waals surface area contributed by atoms with Gasteiger partial charge in [0.2, 0.25) is 10.0 Å². The van der Waals surface area contributed by atoms with Crippen molar-refractivity contribution in [3.8, 4) is 0 Å². The van der Waals surface area contributed by atoms with Gasteiger partial charge < -0.3 is 10.6 Å². The van der Waals surface area contributed by atoms with Crippen LogP contribution in [0.4, 0.5) is 10.1 Å². The molecule has 7 heteroatoms. The molecule has 0 amide bonds. The van der Waals surface area contributed by atoms with Gasteiger partial charge in [-0.2, -0.15) is 0 Å². The number of nitrogen functional groups attached to an aromatic ring is 1. The van der Waals surface area contributed by atoms with E-state index in [0.717, 1.165) is 6.54 Å². The minimum atomic E-state index is -3.90. The zero-order chi connectivity index (χ0) is 15.8. The average molecular weight is 315 g/mol. The van der Waals surface area contributed by atoms with Crippen molar-refractivity contribution in [3.05, 3.63) is 23.5 Å². The van der Waals surface area contributed by atoms with E-state index in [-0.39, 0.29) is 22.2 Å². The van der Waals surface area contributed by atoms with Gasteiger partial charge in [0.1, 0.15) is 10.7 Å². The maximum Gasteiger partial charge on any atom is 0.243 e. The lowest BCUT2D eigenvalue weighted by Gasteiger charge is -2.35. The number of hydrogen-bond donors (Lipinski definition) is 2. The molecule has 0 aromatic heterocycles. The molecule has 5 nitrogen and oxygen atoms in total. The van der Waals surface area contributed by atoms with Gasteiger partial charge in [0, 0.05) is 17.8 Å². The molecule has 118 valence electrons. The summed E-state index contributed by atoms with van der Waals surface area (Å²) < 4.78 is 41.5. The van der Waals surface area contributed by atoms with E-state index in [1.54, 1.807) is 0 Å². The standard InChI is InChI=1S/C14H22FN3O2S/c1-9-6-11(16)8-13(14(9)15)21(19,20)17-12-4-5-18(3)10(2)7-12/h6,8,10,12,17H,4-5,7,16H2,1-3H3. The smallest absolute Gasteiger partial charge is 0.243 e. The van der Waals surface area contributed by atoms with Crippen LogP contribution in [-0.2, 0) is 10.0 Å². The fourth-order valence-electron chi connectivity index (χ4n) is 2.64. The molecule has 3 N–H and O–H groups in total. The Morgan fingerprint density at radius 3 is 2.71 bits per heavy atom. The number of piperidine rings is 1. The van der Waals surface area contributed by atoms with Crippen molar-refractivity contribution in [1.29, 1.82) is 0 Å². The van der Waals surface area contributed by atoms with Gasteiger partial charge in [-0.15, -0.1) is 0 Å². The van der Waals surface area contributed by atoms with Crippen molar-refractivity contribution in [2.75, 3.05) is 19.3 Å². The minimum absolute atomic E-state index is 0.178. The van der Waals surface area contributed by atoms with E-state index in [1.165, 1.54) is 19.1 Å². The van der Waals surface area contributed by atoms with Crippen LogP contribution >= 0.6 is 0 Å². The molecule has 1 saturated heterocycles. The van der Waals surface area contributed by atoms with Gasteiger partial charge in [0.15, 0.2) is 0 Å². The predicted molar refractivity (Wildman–Crippen MR) is 81.0 cm³/mol. The van der Waals surface area contributed by atoms with E-state index in [2.05, 4.69) is 9.62 Å². The van der Waals surface area contributed by atoms with Crippen LogP contribution in [0.1, 0.15) is 25.3 Å². The molecule has 1 aliphatic heterocycles. The summed E-state index contributed by atoms with van der Waals surface area (Å²) in [5, 5.41) is 0. The summed E-state index contributed by atoms with van der Waals surface area (Å²) in [6, 6.07) is 2.70. The van der Waals surface area contributed by atoms with Gasteiger partial charge in [0.25, 0.3) is 0 Å². The van der Waals surface area contributed by atoms with Gasteiger partial charge in [-0.3, -0.25) is 0 Å². The Morgan fingerprint density at radius 1 is 1.43 bits per heavy atom. The highest BCUT2D eigenvalue weighted by molar-refractivity contribution is 7.89. The fourth-order valence-corrected chi connectivity index (χ4v) is 4.11. The number of likely N-dealkylation sites (tertiary alicyclic amines) is 1. The maximum atomic E-state index is 14.1. The molecule has 0 saturated carbocycles. The molecule has 2 rings (SSSR count). The molecule has 0 aliphatic carbocycles. The molecule has 0 bridgehead atoms. The number of sulfonamides is 1. The first-order valence-corrected chi connectivity index (χ1v) is 8.47. The summed E-state index contributed by atoms with van der Waals surface area (Å²) >= 11 is 0. The van der Waals surface area contributed by atoms with E-state index >= 15 is 0 Å². The molecule has 21 heavy (non-hydrogen) atoms. The van der Waals surface area contributed by atoms with Crippen molar-refractivity contribution < 1.29 is 12.8 Å². The summed E-state index contributed by atoms with van der Waals surface area (Å²) in [5.74, 6) is -0.738. The number of anilines is 1. The maximum absolute atomic E-state index is 14.1. The molecule has 1 heterocycles. The Labute approximate surface area is 125 Å². The molecular weight excluding hydrogens is 293 g/mol. The van der Waals surface area contributed by atoms with E-state index < -0.39 is 15.8 Å². The third-order valence-electron chi connectivity index (χ3n) is 4.06. The molecule has 1 fully saturated rings. The number of hydrogen-bond acceptors (Lipinski definition) is 4. The number of aryl methyl sites for hydroxylation is 1. The third-order valence-corrected chi connectivity index (χ3v) is 5.58. The van der Waals surface area contributed by atoms with Gasteiger partial charge >= 0.3 is 0 Å². The van der Waals surface area contributed by atoms with E-state index in [0.29, 0.717) is 18.9 Å². The largest absolute Gasteiger partial charge is 0.399 e. The van der Waals surface area contributed by atoms with Crippen LogP contribution in [0, 0.1) is 12.7 Å². The molecule has 2 unspecified atom stereocenters. The number of halogens is 1. The molecule has 0 radical (unpaired) electrons. The lowest BCUT2D eigenvalue weighted by atomic mass is 10.0. The Morgan fingerprint density at radius 2 is 2.10 bits per heavy atom. The van der Waals surface area contributed by atoms with Gasteiger partial charge in [-0.25, -0.2) is 17.5 Å². The second-order valence-corrected chi connectivity index (χ2v) is 7.50. The van der Waals surface area contributed by atoms with Crippen LogP contribution in [0.15, 0.2) is 17.0 Å². The summed E-state index contributed by atoms with van der Waals surface area (Å²) in [4.78, 5) is 1.81. The summed E-state index contributed by atoms with van der Waals surface area (Å²) in [7, 11) is -1.89. The number of benzene rings is 1. The van der Waals surface area contributed by atoms with Crippen molar-refractivity contribution in [3.63, 3.8) is 0 Å². The lowest BCUT2D eigenvalue weighted by molar-refractivity contribution is 0.178. The number of rotatable bonds is 3. The van der Waals surface area contributed by atoms with Crippen LogP contribution in [0.2, 0.25) is 0 Å². The lowest BCUT2D eigenvalue weighted by Crippen LogP contribution is -2.47. The second kappa shape index (κ2) is 5.90. The minimum Gasteiger partial charge on any atom is -0.399 e. The first-order valence-electron chi connectivity index (χ1n) is 6.99. The van der Waals surface area contributed by atoms with E-state index in [4.69, 9.17) is 5.73 Å². The van der Waals surface area contributed by atoms with Crippen LogP contribution in [0.3, 0.4) is 0 Å². The van der Waals surface area contributed by atoms with Crippen molar-refractivity contribution >= 4 is 15.7 Å². The third kappa shape index (κ3) is 3.53. The second-order valence-electron chi connectivity index (χ2n) is 5.82. The van der Waals surface area contributed by atoms with Crippen molar-refractivity contribution in [1.82, 2.24) is 9.62 Å². The van der Waals surface area contributed by atoms with Crippen molar-refractivity contribution in [2.24, 2.45) is 0 Å². The zero-order valence-electron chi connectivity index (χ0n) is 12.6. The predicted octanol–water partition coefficient (Wildman–Crippen LogP) is 1.48. The van der Waals surface area contributed by atoms with E-state index in [1.807, 2.05) is 14.0 Å². The zero-order valence-corrected chi connectivity index (χ0v) is 13.4. The van der Waals surface area contributed by atoms with E-state index in [9.17, 15) is 12.8 Å². The topological polar surface area (TPSA) is 75.4 Å². The monoisotopic (exact) mass is 315 g/mol. The number of nitrogens with zero attached hydrogens (tertiary/aromatic N) is 1. The summed E-state index contributed by atoms with van der Waals surface area (Å²) in [6.07, 6.45) is 1.42. The molecular formula is C14H22FN3O2S. The normalized spacial score (nSPS) is 24.2. The fraction of sp³-hybridized carbons (Fsp3) is 0.571. The first kappa shape index (κ1) is 16.2. The van der Waals surface area contributed by atoms with Crippen molar-refractivity contribution in [2.45, 2.75) is 43.7 Å². The molecule has 0 spiro atoms. The highest BCUT2D eigenvalue weighted by Crippen LogP contribution is 2.23. The quantitative estimate of drug-likeness (QED) is 0.829. The van der Waals surface area contributed by atoms with Gasteiger partial charge in [0.05, 0.1) is 0 Å². The first-order chi connectivity index (χ1) is 9.70. The highest BCUT2D eigenvalue weighted by atomic mass is 32.2. The molecule has 1 aromatic rings. The summed E-state index contributed by atoms with van der Waals surface area (Å²) in [6.45, 7) is 4.36. The van der Waals surface area contributed by atoms with Crippen LogP contribution in [0.25, 0.3) is 0 Å². The molecule has 1 aromatic carbocycles. The average Bonchev–Trinajstić information content (AvgIpc) is 2.37. The van der Waals surface area contributed by atoms with Crippen LogP contribution in [-0.4, -0.2) is 39.0 Å². The number of nitrogens with two attached hydrogens (primary N) is 1. The summed E-state index contributed by atoms with van der Waals surface area (Å²) in [5.41, 5.74) is 6.10. The van der Waals surface area contributed by atoms with Gasteiger partial charge in [-0.1, -0.05) is 0 Å². The Balaban J connectivity index is 2.23.